The van der Waals surface area contributed by atoms with Crippen LogP contribution in [0.1, 0.15) is 62.0 Å². The van der Waals surface area contributed by atoms with Crippen molar-refractivity contribution in [2.45, 2.75) is 56.5 Å². The maximum Gasteiger partial charge on any atom is 0.118 e. The lowest BCUT2D eigenvalue weighted by molar-refractivity contribution is -0.0690. The number of methoxy groups -OCH3 is 1. The highest BCUT2D eigenvalue weighted by Gasteiger charge is 2.46. The number of benzene rings is 2. The van der Waals surface area contributed by atoms with Crippen LogP contribution in [0.5, 0.6) is 5.75 Å². The second-order valence-corrected chi connectivity index (χ2v) is 8.86. The summed E-state index contributed by atoms with van der Waals surface area (Å²) in [5.74, 6) is 1.20. The van der Waals surface area contributed by atoms with Crippen LogP contribution in [0.2, 0.25) is 0 Å². The Hall–Kier alpha value is -1.84. The van der Waals surface area contributed by atoms with Crippen LogP contribution in [0.15, 0.2) is 54.6 Å². The van der Waals surface area contributed by atoms with Gasteiger partial charge in [0.25, 0.3) is 0 Å². The minimum absolute atomic E-state index is 0.0679. The van der Waals surface area contributed by atoms with E-state index in [1.54, 1.807) is 7.11 Å². The van der Waals surface area contributed by atoms with Gasteiger partial charge in [0.15, 0.2) is 0 Å². The number of nitrogens with zero attached hydrogens (tertiary/aromatic N) is 1. The third-order valence-corrected chi connectivity index (χ3v) is 7.15. The summed E-state index contributed by atoms with van der Waals surface area (Å²) in [6, 6.07) is 18.9. The topological polar surface area (TPSA) is 32.7 Å². The van der Waals surface area contributed by atoms with Gasteiger partial charge in [0, 0.05) is 12.5 Å². The quantitative estimate of drug-likeness (QED) is 0.689. The van der Waals surface area contributed by atoms with Gasteiger partial charge in [-0.3, -0.25) is 0 Å². The smallest absolute Gasteiger partial charge is 0.118 e. The van der Waals surface area contributed by atoms with E-state index in [2.05, 4.69) is 47.4 Å². The van der Waals surface area contributed by atoms with Crippen molar-refractivity contribution in [1.82, 2.24) is 4.90 Å². The van der Waals surface area contributed by atoms with Gasteiger partial charge in [-0.2, -0.15) is 0 Å². The molecule has 0 radical (unpaired) electrons. The van der Waals surface area contributed by atoms with Gasteiger partial charge in [-0.15, -0.1) is 0 Å². The summed E-state index contributed by atoms with van der Waals surface area (Å²) >= 11 is 0. The summed E-state index contributed by atoms with van der Waals surface area (Å²) in [6.45, 7) is 3.21. The molecule has 4 rings (SSSR count). The van der Waals surface area contributed by atoms with Crippen molar-refractivity contribution in [1.29, 1.82) is 0 Å². The Kier molecular flexibility index (Phi) is 6.56. The number of likely N-dealkylation sites (tertiary alicyclic amines) is 1. The van der Waals surface area contributed by atoms with Crippen LogP contribution >= 0.6 is 0 Å². The van der Waals surface area contributed by atoms with Crippen LogP contribution in [0.3, 0.4) is 0 Å². The molecule has 29 heavy (non-hydrogen) atoms. The lowest BCUT2D eigenvalue weighted by Gasteiger charge is -2.46. The first-order valence-corrected chi connectivity index (χ1v) is 11.4. The molecule has 2 aromatic carbocycles. The third-order valence-electron chi connectivity index (χ3n) is 7.15. The Morgan fingerprint density at radius 1 is 0.931 bits per heavy atom. The molecule has 1 aliphatic carbocycles. The number of aliphatic hydroxyl groups is 1. The standard InChI is InChI=1S/C26H35NO2/c1-29-24-16-14-23(15-17-24)26(28,22-12-6-3-7-13-22)25(20-27-18-8-9-19-27)21-10-4-2-5-11-21/h2,4-5,10-11,14-17,22,25,28H,3,6-9,12-13,18-20H2,1H3/t25-,26-/m1/s1. The predicted molar refractivity (Wildman–Crippen MR) is 118 cm³/mol. The Morgan fingerprint density at radius 2 is 1.59 bits per heavy atom. The minimum Gasteiger partial charge on any atom is -0.497 e. The largest absolute Gasteiger partial charge is 0.497 e. The molecule has 0 bridgehead atoms. The van der Waals surface area contributed by atoms with Crippen LogP contribution in [-0.4, -0.2) is 36.8 Å². The first-order chi connectivity index (χ1) is 14.2. The maximum atomic E-state index is 12.6. The molecule has 1 heterocycles. The van der Waals surface area contributed by atoms with E-state index in [1.165, 1.54) is 37.7 Å². The second kappa shape index (κ2) is 9.32. The van der Waals surface area contributed by atoms with Gasteiger partial charge >= 0.3 is 0 Å². The number of rotatable bonds is 7. The molecule has 1 saturated heterocycles. The zero-order chi connectivity index (χ0) is 20.1. The van der Waals surface area contributed by atoms with Crippen molar-refractivity contribution < 1.29 is 9.84 Å². The summed E-state index contributed by atoms with van der Waals surface area (Å²) in [4.78, 5) is 2.55. The van der Waals surface area contributed by atoms with E-state index in [-0.39, 0.29) is 11.8 Å². The summed E-state index contributed by atoms with van der Waals surface area (Å²) in [6.07, 6.45) is 8.47. The molecule has 2 fully saturated rings. The maximum absolute atomic E-state index is 12.6. The van der Waals surface area contributed by atoms with Gasteiger partial charge < -0.3 is 14.7 Å². The van der Waals surface area contributed by atoms with Gasteiger partial charge in [-0.05, 0) is 68.0 Å². The number of hydrogen-bond acceptors (Lipinski definition) is 3. The summed E-state index contributed by atoms with van der Waals surface area (Å²) < 4.78 is 5.39. The first kappa shape index (κ1) is 20.4. The highest BCUT2D eigenvalue weighted by molar-refractivity contribution is 5.36. The Bertz CT molecular complexity index is 748. The minimum atomic E-state index is -0.864. The fourth-order valence-corrected chi connectivity index (χ4v) is 5.53. The molecule has 1 aliphatic heterocycles. The van der Waals surface area contributed by atoms with Crippen LogP contribution < -0.4 is 4.74 Å². The van der Waals surface area contributed by atoms with Gasteiger partial charge in [0.05, 0.1) is 7.11 Å². The first-order valence-electron chi connectivity index (χ1n) is 11.4. The zero-order valence-electron chi connectivity index (χ0n) is 17.7. The molecule has 1 N–H and O–H groups in total. The van der Waals surface area contributed by atoms with E-state index in [1.807, 2.05) is 12.1 Å². The van der Waals surface area contributed by atoms with Gasteiger partial charge in [-0.25, -0.2) is 0 Å². The van der Waals surface area contributed by atoms with E-state index in [0.29, 0.717) is 0 Å². The molecular weight excluding hydrogens is 358 g/mol. The van der Waals surface area contributed by atoms with E-state index in [0.717, 1.165) is 43.8 Å². The summed E-state index contributed by atoms with van der Waals surface area (Å²) in [7, 11) is 1.70. The summed E-state index contributed by atoms with van der Waals surface area (Å²) in [5.41, 5.74) is 1.43. The molecule has 0 spiro atoms. The van der Waals surface area contributed by atoms with Crippen molar-refractivity contribution >= 4 is 0 Å². The average molecular weight is 394 g/mol. The summed E-state index contributed by atoms with van der Waals surface area (Å²) in [5, 5.41) is 12.6. The molecule has 0 aromatic heterocycles. The Labute approximate surface area is 175 Å². The van der Waals surface area contributed by atoms with Gasteiger partial charge in [0.2, 0.25) is 0 Å². The molecular formula is C26H35NO2. The number of ether oxygens (including phenoxy) is 1. The fraction of sp³-hybridized carbons (Fsp3) is 0.538. The van der Waals surface area contributed by atoms with Crippen molar-refractivity contribution in [3.05, 3.63) is 65.7 Å². The fourth-order valence-electron chi connectivity index (χ4n) is 5.53. The van der Waals surface area contributed by atoms with Crippen LogP contribution in [-0.2, 0) is 5.60 Å². The molecule has 2 aromatic rings. The normalized spacial score (nSPS) is 21.6. The highest BCUT2D eigenvalue weighted by Crippen LogP contribution is 2.49. The van der Waals surface area contributed by atoms with Gasteiger partial charge in [0.1, 0.15) is 11.4 Å². The Morgan fingerprint density at radius 3 is 2.21 bits per heavy atom. The van der Waals surface area contributed by atoms with Crippen molar-refractivity contribution in [2.24, 2.45) is 5.92 Å². The van der Waals surface area contributed by atoms with Crippen LogP contribution in [0.25, 0.3) is 0 Å². The number of hydrogen-bond donors (Lipinski definition) is 1. The molecule has 0 unspecified atom stereocenters. The van der Waals surface area contributed by atoms with Crippen LogP contribution in [0.4, 0.5) is 0 Å². The molecule has 3 heteroatoms. The molecule has 156 valence electrons. The zero-order valence-corrected chi connectivity index (χ0v) is 17.7. The predicted octanol–water partition coefficient (Wildman–Crippen LogP) is 5.34. The van der Waals surface area contributed by atoms with E-state index >= 15 is 0 Å². The van der Waals surface area contributed by atoms with E-state index in [4.69, 9.17) is 4.74 Å². The van der Waals surface area contributed by atoms with E-state index in [9.17, 15) is 5.11 Å². The highest BCUT2D eigenvalue weighted by atomic mass is 16.5. The average Bonchev–Trinajstić information content (AvgIpc) is 3.32. The lowest BCUT2D eigenvalue weighted by Crippen LogP contribution is -2.46. The Balaban J connectivity index is 1.77. The second-order valence-electron chi connectivity index (χ2n) is 8.86. The third kappa shape index (κ3) is 4.36. The molecule has 2 aliphatic rings. The van der Waals surface area contributed by atoms with Crippen molar-refractivity contribution in [2.75, 3.05) is 26.7 Å². The van der Waals surface area contributed by atoms with Gasteiger partial charge in [-0.1, -0.05) is 61.7 Å². The van der Waals surface area contributed by atoms with Crippen molar-refractivity contribution in [3.8, 4) is 5.75 Å². The molecule has 2 atom stereocenters. The van der Waals surface area contributed by atoms with E-state index < -0.39 is 5.60 Å². The molecule has 0 amide bonds. The SMILES string of the molecule is COc1ccc([C@](O)(C2CCCCC2)[C@H](CN2CCCC2)c2ccccc2)cc1. The van der Waals surface area contributed by atoms with Crippen LogP contribution in [0, 0.1) is 5.92 Å². The van der Waals surface area contributed by atoms with Crippen molar-refractivity contribution in [3.63, 3.8) is 0 Å². The lowest BCUT2D eigenvalue weighted by atomic mass is 9.65. The molecule has 1 saturated carbocycles. The monoisotopic (exact) mass is 393 g/mol. The molecule has 3 nitrogen and oxygen atoms in total.